The first-order valence-electron chi connectivity index (χ1n) is 7.40. The predicted molar refractivity (Wildman–Crippen MR) is 82.7 cm³/mol. The maximum Gasteiger partial charge on any atom is 0.407 e. The molecule has 0 fully saturated rings. The maximum atomic E-state index is 11.8. The summed E-state index contributed by atoms with van der Waals surface area (Å²) >= 11 is 0. The lowest BCUT2D eigenvalue weighted by atomic mass is 10.1. The summed E-state index contributed by atoms with van der Waals surface area (Å²) in [5.41, 5.74) is 0.0725. The Balaban J connectivity index is 2.27. The topological polar surface area (TPSA) is 93.5 Å². The Morgan fingerprint density at radius 3 is 2.64 bits per heavy atom. The van der Waals surface area contributed by atoms with Gasteiger partial charge in [-0.3, -0.25) is 4.79 Å². The number of amides is 2. The number of nitrogens with zero attached hydrogens (tertiary/aromatic N) is 1. The lowest BCUT2D eigenvalue weighted by molar-refractivity contribution is -0.116. The number of anilines is 1. The SMILES string of the molecule is CC(C)c1oncc1NC(=O)CCCNC(=O)OC(C)(C)C. The lowest BCUT2D eigenvalue weighted by Crippen LogP contribution is -2.33. The Morgan fingerprint density at radius 2 is 2.05 bits per heavy atom. The molecule has 7 nitrogen and oxygen atoms in total. The molecule has 7 heteroatoms. The van der Waals surface area contributed by atoms with Crippen LogP contribution in [0.5, 0.6) is 0 Å². The highest BCUT2D eigenvalue weighted by Crippen LogP contribution is 2.23. The number of carbonyl (C=O) groups excluding carboxylic acids is 2. The number of ether oxygens (including phenoxy) is 1. The zero-order valence-electron chi connectivity index (χ0n) is 13.9. The van der Waals surface area contributed by atoms with Gasteiger partial charge in [0.1, 0.15) is 11.3 Å². The van der Waals surface area contributed by atoms with Gasteiger partial charge >= 0.3 is 6.09 Å². The fourth-order valence-corrected chi connectivity index (χ4v) is 1.73. The molecule has 1 aromatic heterocycles. The van der Waals surface area contributed by atoms with Crippen molar-refractivity contribution in [2.75, 3.05) is 11.9 Å². The van der Waals surface area contributed by atoms with Crippen LogP contribution in [0.25, 0.3) is 0 Å². The summed E-state index contributed by atoms with van der Waals surface area (Å²) in [6.45, 7) is 9.69. The van der Waals surface area contributed by atoms with Crippen molar-refractivity contribution in [3.8, 4) is 0 Å². The van der Waals surface area contributed by atoms with Crippen molar-refractivity contribution in [1.29, 1.82) is 0 Å². The number of hydrogen-bond acceptors (Lipinski definition) is 5. The highest BCUT2D eigenvalue weighted by Gasteiger charge is 2.16. The van der Waals surface area contributed by atoms with E-state index in [0.717, 1.165) is 0 Å². The number of carbonyl (C=O) groups is 2. The van der Waals surface area contributed by atoms with Gasteiger partial charge in [0, 0.05) is 18.9 Å². The van der Waals surface area contributed by atoms with Crippen LogP contribution >= 0.6 is 0 Å². The van der Waals surface area contributed by atoms with Gasteiger partial charge in [-0.15, -0.1) is 0 Å². The largest absolute Gasteiger partial charge is 0.444 e. The van der Waals surface area contributed by atoms with Crippen molar-refractivity contribution in [3.63, 3.8) is 0 Å². The number of nitrogens with one attached hydrogen (secondary N) is 2. The fourth-order valence-electron chi connectivity index (χ4n) is 1.73. The van der Waals surface area contributed by atoms with Crippen LogP contribution in [0.2, 0.25) is 0 Å². The second-order valence-corrected chi connectivity index (χ2v) is 6.34. The molecule has 124 valence electrons. The average molecular weight is 311 g/mol. The van der Waals surface area contributed by atoms with Crippen molar-refractivity contribution < 1.29 is 18.8 Å². The number of aromatic nitrogens is 1. The molecule has 0 saturated heterocycles. The van der Waals surface area contributed by atoms with E-state index in [-0.39, 0.29) is 11.8 Å². The van der Waals surface area contributed by atoms with Crippen LogP contribution in [0, 0.1) is 0 Å². The maximum absolute atomic E-state index is 11.8. The summed E-state index contributed by atoms with van der Waals surface area (Å²) in [5, 5.41) is 9.06. The van der Waals surface area contributed by atoms with Gasteiger partial charge in [0.25, 0.3) is 0 Å². The summed E-state index contributed by atoms with van der Waals surface area (Å²) in [4.78, 5) is 23.3. The van der Waals surface area contributed by atoms with Gasteiger partial charge < -0.3 is 19.9 Å². The number of alkyl carbamates (subject to hydrolysis) is 1. The molecule has 0 aliphatic carbocycles. The number of rotatable bonds is 6. The first-order valence-corrected chi connectivity index (χ1v) is 7.40. The Hall–Kier alpha value is -2.05. The Labute approximate surface area is 130 Å². The van der Waals surface area contributed by atoms with E-state index in [1.165, 1.54) is 6.20 Å². The lowest BCUT2D eigenvalue weighted by Gasteiger charge is -2.19. The Morgan fingerprint density at radius 1 is 1.36 bits per heavy atom. The van der Waals surface area contributed by atoms with E-state index in [9.17, 15) is 9.59 Å². The molecule has 0 aliphatic rings. The van der Waals surface area contributed by atoms with E-state index < -0.39 is 11.7 Å². The van der Waals surface area contributed by atoms with E-state index >= 15 is 0 Å². The van der Waals surface area contributed by atoms with E-state index in [1.54, 1.807) is 20.8 Å². The van der Waals surface area contributed by atoms with Crippen molar-refractivity contribution in [2.45, 2.75) is 59.0 Å². The van der Waals surface area contributed by atoms with Crippen molar-refractivity contribution in [3.05, 3.63) is 12.0 Å². The summed E-state index contributed by atoms with van der Waals surface area (Å²) in [7, 11) is 0. The van der Waals surface area contributed by atoms with Gasteiger partial charge in [0.15, 0.2) is 5.76 Å². The zero-order chi connectivity index (χ0) is 16.8. The van der Waals surface area contributed by atoms with Crippen molar-refractivity contribution >= 4 is 17.7 Å². The molecule has 0 unspecified atom stereocenters. The average Bonchev–Trinajstić information content (AvgIpc) is 2.80. The number of hydrogen-bond donors (Lipinski definition) is 2. The van der Waals surface area contributed by atoms with Gasteiger partial charge in [-0.1, -0.05) is 19.0 Å². The predicted octanol–water partition coefficient (Wildman–Crippen LogP) is 3.04. The normalized spacial score (nSPS) is 11.4. The zero-order valence-corrected chi connectivity index (χ0v) is 13.9. The third kappa shape index (κ3) is 6.60. The van der Waals surface area contributed by atoms with Crippen LogP contribution < -0.4 is 10.6 Å². The molecule has 22 heavy (non-hydrogen) atoms. The molecule has 2 amide bonds. The fraction of sp³-hybridized carbons (Fsp3) is 0.667. The first kappa shape index (κ1) is 18.0. The smallest absolute Gasteiger partial charge is 0.407 e. The Bertz CT molecular complexity index is 503. The van der Waals surface area contributed by atoms with Crippen LogP contribution in [-0.2, 0) is 9.53 Å². The van der Waals surface area contributed by atoms with Crippen LogP contribution in [0.3, 0.4) is 0 Å². The Kier molecular flexibility index (Phi) is 6.39. The van der Waals surface area contributed by atoms with Crippen LogP contribution in [-0.4, -0.2) is 29.3 Å². The molecule has 0 aliphatic heterocycles. The second kappa shape index (κ2) is 7.82. The second-order valence-electron chi connectivity index (χ2n) is 6.34. The summed E-state index contributed by atoms with van der Waals surface area (Å²) in [5.74, 6) is 0.656. The molecule has 1 aromatic rings. The quantitative estimate of drug-likeness (QED) is 0.788. The molecule has 0 spiro atoms. The highest BCUT2D eigenvalue weighted by atomic mass is 16.6. The third-order valence-corrected chi connectivity index (χ3v) is 2.65. The van der Waals surface area contributed by atoms with Crippen LogP contribution in [0.1, 0.15) is 59.1 Å². The minimum absolute atomic E-state index is 0.143. The van der Waals surface area contributed by atoms with Crippen molar-refractivity contribution in [1.82, 2.24) is 10.5 Å². The standard InChI is InChI=1S/C15H25N3O4/c1-10(2)13-11(9-17-22-13)18-12(19)7-6-8-16-14(20)21-15(3,4)5/h9-10H,6-8H2,1-5H3,(H,16,20)(H,18,19). The van der Waals surface area contributed by atoms with Crippen molar-refractivity contribution in [2.24, 2.45) is 0 Å². The minimum Gasteiger partial charge on any atom is -0.444 e. The summed E-state index contributed by atoms with van der Waals surface area (Å²) in [6, 6.07) is 0. The summed E-state index contributed by atoms with van der Waals surface area (Å²) in [6.07, 6.45) is 1.83. The highest BCUT2D eigenvalue weighted by molar-refractivity contribution is 5.91. The first-order chi connectivity index (χ1) is 10.2. The van der Waals surface area contributed by atoms with Gasteiger partial charge in [-0.2, -0.15) is 0 Å². The van der Waals surface area contributed by atoms with E-state index in [4.69, 9.17) is 9.26 Å². The van der Waals surface area contributed by atoms with E-state index in [2.05, 4.69) is 15.8 Å². The van der Waals surface area contributed by atoms with E-state index in [1.807, 2.05) is 13.8 Å². The molecule has 1 heterocycles. The molecule has 0 aromatic carbocycles. The van der Waals surface area contributed by atoms with Crippen LogP contribution in [0.15, 0.2) is 10.7 Å². The van der Waals surface area contributed by atoms with Gasteiger partial charge in [0.05, 0.1) is 6.20 Å². The molecule has 2 N–H and O–H groups in total. The molecule has 0 saturated carbocycles. The van der Waals surface area contributed by atoms with Gasteiger partial charge in [-0.25, -0.2) is 4.79 Å². The van der Waals surface area contributed by atoms with Gasteiger partial charge in [0.2, 0.25) is 5.91 Å². The molecule has 1 rings (SSSR count). The monoisotopic (exact) mass is 311 g/mol. The molecule has 0 radical (unpaired) electrons. The van der Waals surface area contributed by atoms with Crippen LogP contribution in [0.4, 0.5) is 10.5 Å². The third-order valence-electron chi connectivity index (χ3n) is 2.65. The minimum atomic E-state index is -0.525. The molecule has 0 bridgehead atoms. The summed E-state index contributed by atoms with van der Waals surface area (Å²) < 4.78 is 10.2. The van der Waals surface area contributed by atoms with E-state index in [0.29, 0.717) is 30.8 Å². The van der Waals surface area contributed by atoms with Gasteiger partial charge in [-0.05, 0) is 27.2 Å². The molecular weight excluding hydrogens is 286 g/mol. The molecular formula is C15H25N3O4. The molecule has 0 atom stereocenters.